The molecule has 8 nitrogen and oxygen atoms in total. The van der Waals surface area contributed by atoms with E-state index in [1.807, 2.05) is 60.7 Å². The number of amides is 2. The average molecular weight is 663 g/mol. The molecule has 0 saturated carbocycles. The molecule has 10 heteroatoms. The molecule has 0 fully saturated rings. The van der Waals surface area contributed by atoms with Gasteiger partial charge in [0.25, 0.3) is 0 Å². The Morgan fingerprint density at radius 2 is 1.14 bits per heavy atom. The van der Waals surface area contributed by atoms with Gasteiger partial charge < -0.3 is 30.1 Å². The first kappa shape index (κ1) is 37.1. The summed E-state index contributed by atoms with van der Waals surface area (Å²) in [6, 6.07) is 19.1. The molecule has 0 bridgehead atoms. The summed E-state index contributed by atoms with van der Waals surface area (Å²) in [6.45, 7) is 3.73. The maximum Gasteiger partial charge on any atom is 0.226 e. The van der Waals surface area contributed by atoms with Crippen LogP contribution in [0.15, 0.2) is 60.7 Å². The Hall–Kier alpha value is -2.05. The maximum atomic E-state index is 11.9. The van der Waals surface area contributed by atoms with Crippen molar-refractivity contribution in [3.8, 4) is 0 Å². The fourth-order valence-corrected chi connectivity index (χ4v) is 3.22. The van der Waals surface area contributed by atoms with Crippen LogP contribution >= 0.6 is 24.0 Å². The fourth-order valence-electron chi connectivity index (χ4n) is 3.22. The Morgan fingerprint density at radius 3 is 1.49 bits per heavy atom. The summed E-state index contributed by atoms with van der Waals surface area (Å²) in [5, 5.41) is 14.6. The second-order valence-corrected chi connectivity index (χ2v) is 8.25. The number of carbonyl (C=O) groups is 4. The summed E-state index contributed by atoms with van der Waals surface area (Å²) in [7, 11) is 1.53. The largest absolute Gasteiger partial charge is 0.396 e. The monoisotopic (exact) mass is 663 g/mol. The summed E-state index contributed by atoms with van der Waals surface area (Å²) < 4.78 is 4.96. The number of carbonyl (C=O) groups excluding carboxylic acids is 4. The van der Waals surface area contributed by atoms with Crippen LogP contribution in [0.25, 0.3) is 0 Å². The van der Waals surface area contributed by atoms with E-state index in [0.717, 1.165) is 11.1 Å². The molecule has 0 spiro atoms. The molecule has 3 N–H and O–H groups in total. The molecule has 37 heavy (non-hydrogen) atoms. The van der Waals surface area contributed by atoms with Crippen LogP contribution in [-0.2, 0) is 55.6 Å². The zero-order valence-electron chi connectivity index (χ0n) is 21.5. The Labute approximate surface area is 248 Å². The predicted octanol–water partition coefficient (Wildman–Crippen LogP) is 3.05. The van der Waals surface area contributed by atoms with E-state index in [9.17, 15) is 19.2 Å². The van der Waals surface area contributed by atoms with E-state index in [4.69, 9.17) is 9.84 Å². The molecule has 2 amide bonds. The molecule has 2 rings (SSSR count). The van der Waals surface area contributed by atoms with Gasteiger partial charge in [-0.3, -0.25) is 9.59 Å². The van der Waals surface area contributed by atoms with Crippen LogP contribution in [0, 0.1) is 11.8 Å². The van der Waals surface area contributed by atoms with Crippen molar-refractivity contribution in [2.24, 2.45) is 11.8 Å². The van der Waals surface area contributed by atoms with Gasteiger partial charge in [0.15, 0.2) is 0 Å². The minimum atomic E-state index is -0.642. The normalized spacial score (nSPS) is 11.2. The van der Waals surface area contributed by atoms with Crippen molar-refractivity contribution in [3.05, 3.63) is 71.8 Å². The van der Waals surface area contributed by atoms with Crippen LogP contribution < -0.4 is 10.6 Å². The number of ether oxygens (including phenoxy) is 1. The molecule has 1 radical (unpaired) electrons. The molecule has 2 aromatic rings. The molecule has 0 aliphatic carbocycles. The van der Waals surface area contributed by atoms with E-state index in [2.05, 4.69) is 10.6 Å². The van der Waals surface area contributed by atoms with E-state index in [1.54, 1.807) is 0 Å². The van der Waals surface area contributed by atoms with Gasteiger partial charge in [-0.15, -0.1) is 24.0 Å². The second kappa shape index (κ2) is 22.0. The Bertz CT molecular complexity index is 931. The van der Waals surface area contributed by atoms with Crippen molar-refractivity contribution < 1.29 is 47.6 Å². The first-order valence-corrected chi connectivity index (χ1v) is 11.5. The zero-order valence-corrected chi connectivity index (χ0v) is 25.2. The second-order valence-electron chi connectivity index (χ2n) is 8.25. The van der Waals surface area contributed by atoms with E-state index in [-0.39, 0.29) is 92.0 Å². The van der Waals surface area contributed by atoms with E-state index in [0.29, 0.717) is 13.1 Å². The number of aliphatic hydroxyl groups excluding tert-OH is 1. The SMILES string of the molecule is CC(=O)C[C@H](CO)C(=O)NCc1ccccc1.COC[C@@H](CC(C)=O)C(=O)NCc1ccccc1.I.[V]. The number of halogens is 1. The molecular formula is C27H37IN2O6V. The van der Waals surface area contributed by atoms with Crippen molar-refractivity contribution in [1.82, 2.24) is 10.6 Å². The number of aliphatic hydroxyl groups is 1. The van der Waals surface area contributed by atoms with Crippen molar-refractivity contribution in [3.63, 3.8) is 0 Å². The van der Waals surface area contributed by atoms with Crippen LogP contribution in [0.4, 0.5) is 0 Å². The van der Waals surface area contributed by atoms with Gasteiger partial charge in [-0.1, -0.05) is 60.7 Å². The first-order chi connectivity index (χ1) is 16.8. The summed E-state index contributed by atoms with van der Waals surface area (Å²) in [6.07, 6.45) is 0.297. The molecular weight excluding hydrogens is 626 g/mol. The topological polar surface area (TPSA) is 122 Å². The van der Waals surface area contributed by atoms with Gasteiger partial charge in [0, 0.05) is 51.6 Å². The molecule has 0 saturated heterocycles. The summed E-state index contributed by atoms with van der Waals surface area (Å²) >= 11 is 0. The quantitative estimate of drug-likeness (QED) is 0.284. The van der Waals surface area contributed by atoms with Crippen LogP contribution in [-0.4, -0.2) is 48.8 Å². The molecule has 0 heterocycles. The number of rotatable bonds is 13. The molecule has 203 valence electrons. The Morgan fingerprint density at radius 1 is 0.757 bits per heavy atom. The third-order valence-electron chi connectivity index (χ3n) is 5.02. The third kappa shape index (κ3) is 17.2. The molecule has 0 aromatic heterocycles. The third-order valence-corrected chi connectivity index (χ3v) is 5.02. The molecule has 0 aliphatic heterocycles. The zero-order chi connectivity index (χ0) is 26.1. The standard InChI is InChI=1S/C14H19NO3.C13H17NO3.HI.V/c1-11(16)8-13(10-18-2)14(17)15-9-12-6-4-3-5-7-12;1-10(16)7-12(9-15)13(17)14-8-11-5-3-2-4-6-11;;/h3-7,13H,8-10H2,1-2H3,(H,15,17);2-6,12,15H,7-9H2,1H3,(H,14,17);1H;/t13-;12-;;/m11../s1. The number of hydrogen-bond acceptors (Lipinski definition) is 6. The van der Waals surface area contributed by atoms with E-state index in [1.165, 1.54) is 21.0 Å². The van der Waals surface area contributed by atoms with Gasteiger partial charge >= 0.3 is 0 Å². The predicted molar refractivity (Wildman–Crippen MR) is 149 cm³/mol. The van der Waals surface area contributed by atoms with Gasteiger partial charge in [0.1, 0.15) is 11.6 Å². The molecule has 2 aromatic carbocycles. The fraction of sp³-hybridized carbons (Fsp3) is 0.407. The summed E-state index contributed by atoms with van der Waals surface area (Å²) in [5.41, 5.74) is 2.02. The van der Waals surface area contributed by atoms with Gasteiger partial charge in [-0.25, -0.2) is 0 Å². The Balaban J connectivity index is 0. The van der Waals surface area contributed by atoms with Crippen LogP contribution in [0.1, 0.15) is 37.8 Å². The molecule has 0 aliphatic rings. The smallest absolute Gasteiger partial charge is 0.226 e. The van der Waals surface area contributed by atoms with Crippen molar-refractivity contribution in [2.45, 2.75) is 39.8 Å². The van der Waals surface area contributed by atoms with Crippen molar-refractivity contribution >= 4 is 47.4 Å². The van der Waals surface area contributed by atoms with Gasteiger partial charge in [0.2, 0.25) is 11.8 Å². The number of methoxy groups -OCH3 is 1. The molecule has 2 atom stereocenters. The van der Waals surface area contributed by atoms with Crippen molar-refractivity contribution in [1.29, 1.82) is 0 Å². The van der Waals surface area contributed by atoms with E-state index >= 15 is 0 Å². The minimum absolute atomic E-state index is 0. The number of nitrogens with one attached hydrogen (secondary N) is 2. The summed E-state index contributed by atoms with van der Waals surface area (Å²) in [5.74, 6) is -1.58. The molecule has 0 unspecified atom stereocenters. The van der Waals surface area contributed by atoms with Crippen molar-refractivity contribution in [2.75, 3.05) is 20.3 Å². The Kier molecular flexibility index (Phi) is 22.0. The number of hydrogen-bond donors (Lipinski definition) is 3. The van der Waals surface area contributed by atoms with Crippen LogP contribution in [0.3, 0.4) is 0 Å². The minimum Gasteiger partial charge on any atom is -0.396 e. The first-order valence-electron chi connectivity index (χ1n) is 11.5. The number of Topliss-reactive ketones (excluding diaryl/α,β-unsaturated/α-hetero) is 2. The average Bonchev–Trinajstić information content (AvgIpc) is 2.85. The van der Waals surface area contributed by atoms with Gasteiger partial charge in [-0.2, -0.15) is 0 Å². The van der Waals surface area contributed by atoms with Crippen LogP contribution in [0.2, 0.25) is 0 Å². The maximum absolute atomic E-state index is 11.9. The summed E-state index contributed by atoms with van der Waals surface area (Å²) in [4.78, 5) is 45.5. The number of benzene rings is 2. The van der Waals surface area contributed by atoms with Gasteiger partial charge in [-0.05, 0) is 25.0 Å². The van der Waals surface area contributed by atoms with E-state index < -0.39 is 11.8 Å². The van der Waals surface area contributed by atoms with Crippen LogP contribution in [0.5, 0.6) is 0 Å². The van der Waals surface area contributed by atoms with Gasteiger partial charge in [0.05, 0.1) is 25.0 Å². The number of ketones is 2.